The van der Waals surface area contributed by atoms with Crippen LogP contribution in [0.15, 0.2) is 24.3 Å². The fraction of sp³-hybridized carbons (Fsp3) is 0.611. The molecule has 1 atom stereocenters. The summed E-state index contributed by atoms with van der Waals surface area (Å²) in [4.78, 5) is 14.2. The van der Waals surface area contributed by atoms with E-state index in [0.29, 0.717) is 18.4 Å². The minimum Gasteiger partial charge on any atom is -0.355 e. The fourth-order valence-electron chi connectivity index (χ4n) is 3.12. The van der Waals surface area contributed by atoms with Crippen molar-refractivity contribution in [1.29, 1.82) is 0 Å². The smallest absolute Gasteiger partial charge is 0.220 e. The first kappa shape index (κ1) is 16.0. The molecule has 0 radical (unpaired) electrons. The Labute approximate surface area is 128 Å². The summed E-state index contributed by atoms with van der Waals surface area (Å²) in [7, 11) is 0. The van der Waals surface area contributed by atoms with E-state index >= 15 is 0 Å². The Kier molecular flexibility index (Phi) is 5.80. The number of carbonyl (C=O) groups excluding carboxylic acids is 1. The summed E-state index contributed by atoms with van der Waals surface area (Å²) in [5, 5.41) is 3.11. The van der Waals surface area contributed by atoms with E-state index in [1.165, 1.54) is 11.1 Å². The first-order chi connectivity index (χ1) is 10.1. The van der Waals surface area contributed by atoms with Gasteiger partial charge in [0, 0.05) is 32.1 Å². The number of hydrogen-bond donors (Lipinski definition) is 1. The van der Waals surface area contributed by atoms with Crippen molar-refractivity contribution in [2.75, 3.05) is 13.1 Å². The number of carbonyl (C=O) groups is 1. The van der Waals surface area contributed by atoms with E-state index < -0.39 is 0 Å². The number of nitrogens with one attached hydrogen (secondary N) is 1. The Bertz CT molecular complexity index is 470. The van der Waals surface area contributed by atoms with Crippen LogP contribution in [0.2, 0.25) is 0 Å². The first-order valence-corrected chi connectivity index (χ1v) is 8.19. The number of benzene rings is 1. The van der Waals surface area contributed by atoms with Crippen LogP contribution in [0.5, 0.6) is 0 Å². The van der Waals surface area contributed by atoms with Crippen molar-refractivity contribution in [3.8, 4) is 0 Å². The maximum atomic E-state index is 11.7. The lowest BCUT2D eigenvalue weighted by Crippen LogP contribution is -2.48. The average molecular weight is 288 g/mol. The minimum absolute atomic E-state index is 0.181. The lowest BCUT2D eigenvalue weighted by atomic mass is 9.95. The maximum absolute atomic E-state index is 11.7. The van der Waals surface area contributed by atoms with Gasteiger partial charge in [-0.2, -0.15) is 0 Å². The van der Waals surface area contributed by atoms with Crippen LogP contribution in [-0.2, 0) is 17.8 Å². The highest BCUT2D eigenvalue weighted by molar-refractivity contribution is 5.75. The molecule has 3 nitrogen and oxygen atoms in total. The molecular weight excluding hydrogens is 260 g/mol. The molecule has 116 valence electrons. The molecule has 0 saturated carbocycles. The van der Waals surface area contributed by atoms with Gasteiger partial charge in [-0.15, -0.1) is 0 Å². The highest BCUT2D eigenvalue weighted by Crippen LogP contribution is 2.22. The molecule has 1 heterocycles. The van der Waals surface area contributed by atoms with Crippen LogP contribution in [-0.4, -0.2) is 29.9 Å². The van der Waals surface area contributed by atoms with E-state index in [4.69, 9.17) is 0 Å². The third-order valence-electron chi connectivity index (χ3n) is 4.38. The van der Waals surface area contributed by atoms with Crippen LogP contribution in [0.1, 0.15) is 44.7 Å². The molecule has 1 aromatic carbocycles. The van der Waals surface area contributed by atoms with Crippen LogP contribution >= 0.6 is 0 Å². The number of hydrogen-bond acceptors (Lipinski definition) is 2. The second-order valence-electron chi connectivity index (χ2n) is 6.35. The molecule has 1 aliphatic heterocycles. The Hall–Kier alpha value is -1.35. The Balaban J connectivity index is 1.98. The summed E-state index contributed by atoms with van der Waals surface area (Å²) >= 11 is 0. The second kappa shape index (κ2) is 7.60. The van der Waals surface area contributed by atoms with Crippen LogP contribution < -0.4 is 5.32 Å². The van der Waals surface area contributed by atoms with Gasteiger partial charge in [0.05, 0.1) is 0 Å². The van der Waals surface area contributed by atoms with Gasteiger partial charge in [-0.3, -0.25) is 9.69 Å². The monoisotopic (exact) mass is 288 g/mol. The van der Waals surface area contributed by atoms with E-state index in [0.717, 1.165) is 32.5 Å². The van der Waals surface area contributed by atoms with Crippen LogP contribution in [0.25, 0.3) is 0 Å². The molecule has 0 saturated heterocycles. The zero-order valence-corrected chi connectivity index (χ0v) is 13.6. The van der Waals surface area contributed by atoms with Crippen molar-refractivity contribution in [3.63, 3.8) is 0 Å². The predicted molar refractivity (Wildman–Crippen MR) is 87.1 cm³/mol. The molecule has 0 bridgehead atoms. The van der Waals surface area contributed by atoms with E-state index in [1.54, 1.807) is 0 Å². The molecule has 3 heteroatoms. The van der Waals surface area contributed by atoms with Gasteiger partial charge >= 0.3 is 0 Å². The molecule has 0 spiro atoms. The van der Waals surface area contributed by atoms with Crippen LogP contribution in [0.3, 0.4) is 0 Å². The molecule has 1 aromatic rings. The highest BCUT2D eigenvalue weighted by atomic mass is 16.1. The van der Waals surface area contributed by atoms with E-state index in [9.17, 15) is 4.79 Å². The van der Waals surface area contributed by atoms with Crippen molar-refractivity contribution in [2.45, 2.75) is 52.6 Å². The topological polar surface area (TPSA) is 32.3 Å². The van der Waals surface area contributed by atoms with Gasteiger partial charge in [0.1, 0.15) is 0 Å². The van der Waals surface area contributed by atoms with E-state index in [-0.39, 0.29) is 5.91 Å². The van der Waals surface area contributed by atoms with Crippen molar-refractivity contribution in [2.24, 2.45) is 5.92 Å². The summed E-state index contributed by atoms with van der Waals surface area (Å²) in [6.07, 6.45) is 2.66. The van der Waals surface area contributed by atoms with E-state index in [1.807, 2.05) is 6.92 Å². The second-order valence-corrected chi connectivity index (χ2v) is 6.35. The molecule has 1 aliphatic rings. The molecule has 1 N–H and O–H groups in total. The molecule has 1 amide bonds. The quantitative estimate of drug-likeness (QED) is 0.873. The molecule has 2 rings (SSSR count). The van der Waals surface area contributed by atoms with Crippen LogP contribution in [0.4, 0.5) is 0 Å². The standard InChI is InChI=1S/C18H28N2O/c1-4-7-18(21)19-12-17(14(2)3)20-11-10-15-8-5-6-9-16(15)13-20/h5-6,8-9,14,17H,4,7,10-13H2,1-3H3,(H,19,21). The fourth-order valence-corrected chi connectivity index (χ4v) is 3.12. The number of amides is 1. The zero-order valence-electron chi connectivity index (χ0n) is 13.6. The normalized spacial score (nSPS) is 16.6. The van der Waals surface area contributed by atoms with E-state index in [2.05, 4.69) is 48.3 Å². The molecule has 1 unspecified atom stereocenters. The molecule has 0 fully saturated rings. The van der Waals surface area contributed by atoms with Gasteiger partial charge in [0.25, 0.3) is 0 Å². The van der Waals surface area contributed by atoms with Gasteiger partial charge in [-0.1, -0.05) is 45.0 Å². The zero-order chi connectivity index (χ0) is 15.2. The minimum atomic E-state index is 0.181. The van der Waals surface area contributed by atoms with Gasteiger partial charge in [0.2, 0.25) is 5.91 Å². The third kappa shape index (κ3) is 4.31. The molecular formula is C18H28N2O. The largest absolute Gasteiger partial charge is 0.355 e. The highest BCUT2D eigenvalue weighted by Gasteiger charge is 2.25. The summed E-state index contributed by atoms with van der Waals surface area (Å²) < 4.78 is 0. The molecule has 21 heavy (non-hydrogen) atoms. The van der Waals surface area contributed by atoms with Crippen LogP contribution in [0, 0.1) is 5.92 Å². The SMILES string of the molecule is CCCC(=O)NCC(C(C)C)N1CCc2ccccc2C1. The Morgan fingerprint density at radius 2 is 2.00 bits per heavy atom. The summed E-state index contributed by atoms with van der Waals surface area (Å²) in [6, 6.07) is 9.13. The number of nitrogens with zero attached hydrogens (tertiary/aromatic N) is 1. The molecule has 0 aliphatic carbocycles. The van der Waals surface area contributed by atoms with Gasteiger partial charge in [-0.25, -0.2) is 0 Å². The van der Waals surface area contributed by atoms with Crippen molar-refractivity contribution in [3.05, 3.63) is 35.4 Å². The lowest BCUT2D eigenvalue weighted by molar-refractivity contribution is -0.121. The Morgan fingerprint density at radius 1 is 1.29 bits per heavy atom. The maximum Gasteiger partial charge on any atom is 0.220 e. The number of rotatable bonds is 6. The first-order valence-electron chi connectivity index (χ1n) is 8.19. The lowest BCUT2D eigenvalue weighted by Gasteiger charge is -2.38. The van der Waals surface area contributed by atoms with Crippen molar-refractivity contribution in [1.82, 2.24) is 10.2 Å². The summed E-state index contributed by atoms with van der Waals surface area (Å²) in [5.74, 6) is 0.720. The van der Waals surface area contributed by atoms with Crippen molar-refractivity contribution < 1.29 is 4.79 Å². The summed E-state index contributed by atoms with van der Waals surface area (Å²) in [5.41, 5.74) is 2.92. The number of fused-ring (bicyclic) bond motifs is 1. The van der Waals surface area contributed by atoms with Gasteiger partial charge < -0.3 is 5.32 Å². The third-order valence-corrected chi connectivity index (χ3v) is 4.38. The van der Waals surface area contributed by atoms with Gasteiger partial charge in [-0.05, 0) is 29.9 Å². The van der Waals surface area contributed by atoms with Gasteiger partial charge in [0.15, 0.2) is 0 Å². The predicted octanol–water partition coefficient (Wildman–Crippen LogP) is 2.99. The summed E-state index contributed by atoms with van der Waals surface area (Å²) in [6.45, 7) is 9.39. The molecule has 0 aromatic heterocycles. The Morgan fingerprint density at radius 3 is 2.67 bits per heavy atom. The van der Waals surface area contributed by atoms with Crippen molar-refractivity contribution >= 4 is 5.91 Å². The average Bonchev–Trinajstić information content (AvgIpc) is 2.47.